The number of aldehydes is 1. The number of carbonyl (C=O) groups is 1. The van der Waals surface area contributed by atoms with Crippen LogP contribution in [-0.2, 0) is 22.6 Å². The van der Waals surface area contributed by atoms with Crippen LogP contribution in [0.15, 0.2) is 12.1 Å². The van der Waals surface area contributed by atoms with E-state index in [4.69, 9.17) is 9.47 Å². The van der Waals surface area contributed by atoms with Gasteiger partial charge in [-0.15, -0.1) is 0 Å². The van der Waals surface area contributed by atoms with Gasteiger partial charge in [0.25, 0.3) is 0 Å². The van der Waals surface area contributed by atoms with Gasteiger partial charge in [-0.1, -0.05) is 17.7 Å². The van der Waals surface area contributed by atoms with Crippen LogP contribution in [-0.4, -0.2) is 12.1 Å². The minimum Gasteiger partial charge on any atom is -0.462 e. The molecule has 0 atom stereocenters. The second-order valence-electron chi connectivity index (χ2n) is 4.57. The molecule has 1 aliphatic rings. The van der Waals surface area contributed by atoms with Gasteiger partial charge in [-0.25, -0.2) is 0 Å². The number of fused-ring (bicyclic) bond motifs is 1. The van der Waals surface area contributed by atoms with E-state index in [9.17, 15) is 4.79 Å². The summed E-state index contributed by atoms with van der Waals surface area (Å²) in [6.45, 7) is 6.30. The van der Waals surface area contributed by atoms with Gasteiger partial charge in [0.15, 0.2) is 0 Å². The molecule has 0 aliphatic carbocycles. The maximum absolute atomic E-state index is 10.6. The van der Waals surface area contributed by atoms with E-state index in [1.54, 1.807) is 0 Å². The molecule has 0 saturated heterocycles. The van der Waals surface area contributed by atoms with E-state index in [2.05, 4.69) is 0 Å². The number of hydrogen-bond acceptors (Lipinski definition) is 3. The first-order valence-electron chi connectivity index (χ1n) is 5.41. The molecule has 0 aromatic heterocycles. The molecule has 0 N–H and O–H groups in total. The predicted molar refractivity (Wildman–Crippen MR) is 60.4 cm³/mol. The van der Waals surface area contributed by atoms with Crippen LogP contribution in [0.4, 0.5) is 0 Å². The molecule has 0 amide bonds. The van der Waals surface area contributed by atoms with Crippen molar-refractivity contribution in [1.29, 1.82) is 0 Å². The molecule has 3 nitrogen and oxygen atoms in total. The lowest BCUT2D eigenvalue weighted by Gasteiger charge is -2.34. The van der Waals surface area contributed by atoms with Gasteiger partial charge < -0.3 is 14.3 Å². The largest absolute Gasteiger partial charge is 0.462 e. The molecule has 0 bridgehead atoms. The van der Waals surface area contributed by atoms with Gasteiger partial charge in [0.1, 0.15) is 12.0 Å². The highest BCUT2D eigenvalue weighted by Gasteiger charge is 2.29. The fraction of sp³-hybridized carbons (Fsp3) is 0.462. The van der Waals surface area contributed by atoms with E-state index < -0.39 is 5.79 Å². The van der Waals surface area contributed by atoms with Crippen LogP contribution in [0.1, 0.15) is 30.5 Å². The van der Waals surface area contributed by atoms with Gasteiger partial charge in [-0.3, -0.25) is 0 Å². The molecule has 86 valence electrons. The normalized spacial score (nSPS) is 17.4. The fourth-order valence-electron chi connectivity index (χ4n) is 1.94. The first-order valence-corrected chi connectivity index (χ1v) is 5.41. The molecule has 1 heterocycles. The van der Waals surface area contributed by atoms with Gasteiger partial charge in [-0.05, 0) is 6.92 Å². The molecule has 0 unspecified atom stereocenters. The van der Waals surface area contributed by atoms with Crippen LogP contribution in [0.5, 0.6) is 5.75 Å². The van der Waals surface area contributed by atoms with Crippen molar-refractivity contribution in [3.63, 3.8) is 0 Å². The Morgan fingerprint density at radius 3 is 2.88 bits per heavy atom. The number of carbonyl (C=O) groups excluding carboxylic acids is 1. The molecule has 0 fully saturated rings. The Bertz CT molecular complexity index is 421. The Labute approximate surface area is 95.4 Å². The highest BCUT2D eigenvalue weighted by Crippen LogP contribution is 2.35. The van der Waals surface area contributed by atoms with Gasteiger partial charge in [-0.2, -0.15) is 0 Å². The van der Waals surface area contributed by atoms with E-state index in [1.807, 2.05) is 32.9 Å². The topological polar surface area (TPSA) is 35.5 Å². The lowest BCUT2D eigenvalue weighted by atomic mass is 10.0. The van der Waals surface area contributed by atoms with Crippen molar-refractivity contribution in [2.45, 2.75) is 39.6 Å². The Kier molecular flexibility index (Phi) is 2.72. The zero-order valence-electron chi connectivity index (χ0n) is 9.87. The van der Waals surface area contributed by atoms with E-state index in [0.717, 1.165) is 28.7 Å². The third kappa shape index (κ3) is 2.09. The third-order valence-electron chi connectivity index (χ3n) is 2.61. The first-order chi connectivity index (χ1) is 7.52. The van der Waals surface area contributed by atoms with Crippen LogP contribution in [0.3, 0.4) is 0 Å². The van der Waals surface area contributed by atoms with E-state index in [-0.39, 0.29) is 0 Å². The fourth-order valence-corrected chi connectivity index (χ4v) is 1.94. The van der Waals surface area contributed by atoms with E-state index in [1.165, 1.54) is 0 Å². The minimum absolute atomic E-state index is 0.389. The summed E-state index contributed by atoms with van der Waals surface area (Å²) in [5.74, 6) is 0.203. The predicted octanol–water partition coefficient (Wildman–Crippen LogP) is 2.38. The van der Waals surface area contributed by atoms with Crippen molar-refractivity contribution in [2.24, 2.45) is 0 Å². The monoisotopic (exact) mass is 220 g/mol. The molecule has 0 saturated carbocycles. The van der Waals surface area contributed by atoms with Crippen molar-refractivity contribution in [2.75, 3.05) is 0 Å². The molecule has 0 radical (unpaired) electrons. The molecule has 3 heteroatoms. The van der Waals surface area contributed by atoms with Crippen LogP contribution >= 0.6 is 0 Å². The summed E-state index contributed by atoms with van der Waals surface area (Å²) in [5, 5.41) is 0. The summed E-state index contributed by atoms with van der Waals surface area (Å²) in [6, 6.07) is 4.04. The Hall–Kier alpha value is -1.35. The van der Waals surface area contributed by atoms with Crippen molar-refractivity contribution in [1.82, 2.24) is 0 Å². The Morgan fingerprint density at radius 1 is 1.44 bits per heavy atom. The van der Waals surface area contributed by atoms with Crippen molar-refractivity contribution in [3.05, 3.63) is 28.8 Å². The standard InChI is InChI=1S/C13H16O3/c1-9-6-10(4-5-14)12-11(7-9)8-15-13(2,3)16-12/h5-7H,4,8H2,1-3H3. The van der Waals surface area contributed by atoms with E-state index >= 15 is 0 Å². The SMILES string of the molecule is Cc1cc(CC=O)c2c(c1)COC(C)(C)O2. The maximum Gasteiger partial charge on any atom is 0.205 e. The third-order valence-corrected chi connectivity index (χ3v) is 2.61. The first kappa shape index (κ1) is 11.1. The van der Waals surface area contributed by atoms with Crippen molar-refractivity contribution in [3.8, 4) is 5.75 Å². The van der Waals surface area contributed by atoms with Crippen LogP contribution in [0.2, 0.25) is 0 Å². The lowest BCUT2D eigenvalue weighted by Crippen LogP contribution is -2.35. The molecule has 16 heavy (non-hydrogen) atoms. The number of rotatable bonds is 2. The van der Waals surface area contributed by atoms with Crippen molar-refractivity contribution < 1.29 is 14.3 Å². The second-order valence-corrected chi connectivity index (χ2v) is 4.57. The average Bonchev–Trinajstić information content (AvgIpc) is 2.19. The molecular formula is C13H16O3. The highest BCUT2D eigenvalue weighted by atomic mass is 16.7. The van der Waals surface area contributed by atoms with Gasteiger partial charge >= 0.3 is 0 Å². The molecule has 1 aromatic carbocycles. The van der Waals surface area contributed by atoms with Crippen molar-refractivity contribution >= 4 is 6.29 Å². The van der Waals surface area contributed by atoms with E-state index in [0.29, 0.717) is 13.0 Å². The second kappa shape index (κ2) is 3.91. The van der Waals surface area contributed by atoms with Crippen LogP contribution < -0.4 is 4.74 Å². The lowest BCUT2D eigenvalue weighted by molar-refractivity contribution is -0.180. The number of benzene rings is 1. The summed E-state index contributed by atoms with van der Waals surface area (Å²) >= 11 is 0. The van der Waals surface area contributed by atoms with Gasteiger partial charge in [0, 0.05) is 31.4 Å². The molecule has 1 aromatic rings. The highest BCUT2D eigenvalue weighted by molar-refractivity contribution is 5.59. The number of hydrogen-bond donors (Lipinski definition) is 0. The smallest absolute Gasteiger partial charge is 0.205 e. The Morgan fingerprint density at radius 2 is 2.19 bits per heavy atom. The maximum atomic E-state index is 10.6. The molecule has 1 aliphatic heterocycles. The van der Waals surface area contributed by atoms with Crippen LogP contribution in [0.25, 0.3) is 0 Å². The summed E-state index contributed by atoms with van der Waals surface area (Å²) < 4.78 is 11.3. The molecule has 2 rings (SSSR count). The summed E-state index contributed by atoms with van der Waals surface area (Å²) in [4.78, 5) is 10.6. The molecular weight excluding hydrogens is 204 g/mol. The zero-order valence-corrected chi connectivity index (χ0v) is 9.87. The average molecular weight is 220 g/mol. The number of ether oxygens (including phenoxy) is 2. The summed E-state index contributed by atoms with van der Waals surface area (Å²) in [7, 11) is 0. The minimum atomic E-state index is -0.611. The van der Waals surface area contributed by atoms with Gasteiger partial charge in [0.2, 0.25) is 5.79 Å². The van der Waals surface area contributed by atoms with Gasteiger partial charge in [0.05, 0.1) is 6.61 Å². The van der Waals surface area contributed by atoms with Crippen LogP contribution in [0, 0.1) is 6.92 Å². The number of aryl methyl sites for hydroxylation is 1. The summed E-state index contributed by atoms with van der Waals surface area (Å²) in [5.41, 5.74) is 3.10. The Balaban J connectivity index is 2.47. The quantitative estimate of drug-likeness (QED) is 0.718. The summed E-state index contributed by atoms with van der Waals surface area (Å²) in [6.07, 6.45) is 1.29. The zero-order chi connectivity index (χ0) is 11.8. The molecule has 0 spiro atoms.